The highest BCUT2D eigenvalue weighted by atomic mass is 32.2. The van der Waals surface area contributed by atoms with Gasteiger partial charge in [-0.1, -0.05) is 12.1 Å². The third kappa shape index (κ3) is 6.74. The lowest BCUT2D eigenvalue weighted by Gasteiger charge is -2.33. The fourth-order valence-corrected chi connectivity index (χ4v) is 4.06. The van der Waals surface area contributed by atoms with Crippen LogP contribution in [-0.4, -0.2) is 62.5 Å². The van der Waals surface area contributed by atoms with Crippen LogP contribution in [0.5, 0.6) is 0 Å². The van der Waals surface area contributed by atoms with Crippen LogP contribution in [-0.2, 0) is 16.4 Å². The number of nitrogens with one attached hydrogen (secondary N) is 2. The van der Waals surface area contributed by atoms with Gasteiger partial charge >= 0.3 is 0 Å². The van der Waals surface area contributed by atoms with Crippen molar-refractivity contribution in [2.45, 2.75) is 50.9 Å². The minimum absolute atomic E-state index is 0.0767. The number of benzene rings is 1. The van der Waals surface area contributed by atoms with E-state index in [0.29, 0.717) is 18.5 Å². The zero-order valence-corrected chi connectivity index (χ0v) is 18.2. The first kappa shape index (κ1) is 22.6. The van der Waals surface area contributed by atoms with Gasteiger partial charge in [-0.3, -0.25) is 9.89 Å². The van der Waals surface area contributed by atoms with Gasteiger partial charge in [0.15, 0.2) is 15.8 Å². The minimum atomic E-state index is -3.15. The van der Waals surface area contributed by atoms with Gasteiger partial charge in [0.2, 0.25) is 0 Å². The molecule has 8 heteroatoms. The molecule has 1 aliphatic rings. The summed E-state index contributed by atoms with van der Waals surface area (Å²) in [6.45, 7) is 8.21. The van der Waals surface area contributed by atoms with Crippen LogP contribution in [0, 0.1) is 5.82 Å². The fourth-order valence-electron chi connectivity index (χ4n) is 3.08. The van der Waals surface area contributed by atoms with Crippen LogP contribution in [0.4, 0.5) is 4.39 Å². The minimum Gasteiger partial charge on any atom is -0.355 e. The molecule has 0 bridgehead atoms. The molecule has 1 aromatic rings. The molecule has 1 aromatic carbocycles. The molecular weight excluding hydrogens is 379 g/mol. The molecule has 158 valence electrons. The monoisotopic (exact) mass is 412 g/mol. The second-order valence-electron chi connectivity index (χ2n) is 8.25. The first-order valence-electron chi connectivity index (χ1n) is 9.77. The molecule has 1 fully saturated rings. The molecular formula is C20H33FN4O2S. The molecule has 0 aliphatic carbocycles. The van der Waals surface area contributed by atoms with Crippen LogP contribution in [0.1, 0.15) is 39.2 Å². The molecule has 28 heavy (non-hydrogen) atoms. The number of likely N-dealkylation sites (tertiary alicyclic amines) is 1. The van der Waals surface area contributed by atoms with E-state index < -0.39 is 14.6 Å². The van der Waals surface area contributed by atoms with Gasteiger partial charge in [-0.2, -0.15) is 0 Å². The Morgan fingerprint density at radius 3 is 2.36 bits per heavy atom. The van der Waals surface area contributed by atoms with E-state index in [1.165, 1.54) is 12.1 Å². The zero-order chi connectivity index (χ0) is 20.8. The number of piperidine rings is 1. The summed E-state index contributed by atoms with van der Waals surface area (Å²) in [6, 6.07) is 6.96. The Kier molecular flexibility index (Phi) is 7.83. The topological polar surface area (TPSA) is 73.8 Å². The van der Waals surface area contributed by atoms with Gasteiger partial charge in [0, 0.05) is 39.3 Å². The Morgan fingerprint density at radius 2 is 1.82 bits per heavy atom. The van der Waals surface area contributed by atoms with Crippen molar-refractivity contribution in [3.8, 4) is 0 Å². The summed E-state index contributed by atoms with van der Waals surface area (Å²) in [5.74, 6) is 0.509. The van der Waals surface area contributed by atoms with Gasteiger partial charge in [0.05, 0.1) is 10.5 Å². The maximum atomic E-state index is 13.0. The van der Waals surface area contributed by atoms with Crippen molar-refractivity contribution in [2.75, 3.05) is 32.4 Å². The van der Waals surface area contributed by atoms with E-state index in [1.807, 2.05) is 12.1 Å². The number of hydrogen-bond donors (Lipinski definition) is 2. The highest BCUT2D eigenvalue weighted by Gasteiger charge is 2.28. The first-order valence-corrected chi connectivity index (χ1v) is 11.4. The van der Waals surface area contributed by atoms with E-state index in [4.69, 9.17) is 0 Å². The van der Waals surface area contributed by atoms with Gasteiger partial charge in [0.25, 0.3) is 0 Å². The summed E-state index contributed by atoms with van der Waals surface area (Å²) in [7, 11) is -1.46. The third-order valence-electron chi connectivity index (χ3n) is 5.07. The van der Waals surface area contributed by atoms with Gasteiger partial charge in [-0.05, 0) is 51.3 Å². The van der Waals surface area contributed by atoms with Crippen molar-refractivity contribution in [1.82, 2.24) is 15.5 Å². The van der Waals surface area contributed by atoms with E-state index in [9.17, 15) is 12.8 Å². The van der Waals surface area contributed by atoms with E-state index in [-0.39, 0.29) is 11.6 Å². The van der Waals surface area contributed by atoms with E-state index in [0.717, 1.165) is 38.0 Å². The van der Waals surface area contributed by atoms with Crippen LogP contribution in [0.15, 0.2) is 29.3 Å². The van der Waals surface area contributed by atoms with Crippen molar-refractivity contribution < 1.29 is 12.8 Å². The summed E-state index contributed by atoms with van der Waals surface area (Å²) in [6.07, 6.45) is 1.95. The van der Waals surface area contributed by atoms with Gasteiger partial charge in [-0.15, -0.1) is 0 Å². The summed E-state index contributed by atoms with van der Waals surface area (Å²) in [5.41, 5.74) is 1.12. The van der Waals surface area contributed by atoms with Crippen LogP contribution in [0.2, 0.25) is 0 Å². The Hall–Kier alpha value is -1.67. The smallest absolute Gasteiger partial charge is 0.191 e. The quantitative estimate of drug-likeness (QED) is 0.553. The van der Waals surface area contributed by atoms with Crippen molar-refractivity contribution in [3.05, 3.63) is 35.6 Å². The van der Waals surface area contributed by atoms with Crippen LogP contribution >= 0.6 is 0 Å². The SMILES string of the molecule is CN=C(NCCS(=O)(=O)C(C)(C)C)NC1CCN(Cc2ccc(F)cc2)CC1. The van der Waals surface area contributed by atoms with Crippen LogP contribution in [0.25, 0.3) is 0 Å². The molecule has 0 unspecified atom stereocenters. The molecule has 0 radical (unpaired) electrons. The Bertz CT molecular complexity index is 749. The summed E-state index contributed by atoms with van der Waals surface area (Å²) in [5, 5.41) is 6.50. The van der Waals surface area contributed by atoms with Crippen LogP contribution < -0.4 is 10.6 Å². The predicted octanol–water partition coefficient (Wildman–Crippen LogP) is 2.17. The molecule has 0 saturated carbocycles. The number of guanidine groups is 1. The molecule has 0 aromatic heterocycles. The van der Waals surface area contributed by atoms with E-state index in [2.05, 4.69) is 20.5 Å². The van der Waals surface area contributed by atoms with Gasteiger partial charge in [-0.25, -0.2) is 12.8 Å². The molecule has 2 N–H and O–H groups in total. The Morgan fingerprint density at radius 1 is 1.21 bits per heavy atom. The maximum absolute atomic E-state index is 13.0. The molecule has 0 spiro atoms. The summed E-state index contributed by atoms with van der Waals surface area (Å²) >= 11 is 0. The van der Waals surface area contributed by atoms with E-state index in [1.54, 1.807) is 27.8 Å². The highest BCUT2D eigenvalue weighted by molar-refractivity contribution is 7.92. The van der Waals surface area contributed by atoms with Crippen LogP contribution in [0.3, 0.4) is 0 Å². The number of hydrogen-bond acceptors (Lipinski definition) is 4. The summed E-state index contributed by atoms with van der Waals surface area (Å²) < 4.78 is 36.6. The van der Waals surface area contributed by atoms with Gasteiger partial charge < -0.3 is 10.6 Å². The first-order chi connectivity index (χ1) is 13.1. The number of sulfone groups is 1. The molecule has 0 amide bonds. The average molecular weight is 413 g/mol. The number of aliphatic imine (C=N–C) groups is 1. The molecule has 1 aliphatic heterocycles. The number of rotatable bonds is 6. The molecule has 1 saturated heterocycles. The molecule has 0 atom stereocenters. The standard InChI is InChI=1S/C20H33FN4O2S/c1-20(2,3)28(26,27)14-11-23-19(22-4)24-18-9-12-25(13-10-18)15-16-5-7-17(21)8-6-16/h5-8,18H,9-15H2,1-4H3,(H2,22,23,24). The second kappa shape index (κ2) is 9.69. The summed E-state index contributed by atoms with van der Waals surface area (Å²) in [4.78, 5) is 6.57. The fraction of sp³-hybridized carbons (Fsp3) is 0.650. The van der Waals surface area contributed by atoms with Gasteiger partial charge in [0.1, 0.15) is 5.82 Å². The average Bonchev–Trinajstić information content (AvgIpc) is 2.63. The molecule has 6 nitrogen and oxygen atoms in total. The number of halogens is 1. The second-order valence-corrected chi connectivity index (χ2v) is 11.1. The molecule has 2 rings (SSSR count). The lowest BCUT2D eigenvalue weighted by atomic mass is 10.0. The Balaban J connectivity index is 1.74. The third-order valence-corrected chi connectivity index (χ3v) is 7.68. The predicted molar refractivity (Wildman–Crippen MR) is 113 cm³/mol. The molecule has 1 heterocycles. The maximum Gasteiger partial charge on any atom is 0.191 e. The zero-order valence-electron chi connectivity index (χ0n) is 17.3. The van der Waals surface area contributed by atoms with Crippen molar-refractivity contribution >= 4 is 15.8 Å². The van der Waals surface area contributed by atoms with Crippen molar-refractivity contribution in [1.29, 1.82) is 0 Å². The number of nitrogens with zero attached hydrogens (tertiary/aromatic N) is 2. The Labute approximate surface area is 168 Å². The largest absolute Gasteiger partial charge is 0.355 e. The van der Waals surface area contributed by atoms with E-state index >= 15 is 0 Å². The van der Waals surface area contributed by atoms with Crippen molar-refractivity contribution in [2.24, 2.45) is 4.99 Å². The van der Waals surface area contributed by atoms with Crippen molar-refractivity contribution in [3.63, 3.8) is 0 Å². The normalized spacial score (nSPS) is 17.5. The lowest BCUT2D eigenvalue weighted by Crippen LogP contribution is -2.49. The lowest BCUT2D eigenvalue weighted by molar-refractivity contribution is 0.198. The highest BCUT2D eigenvalue weighted by Crippen LogP contribution is 2.16.